The monoisotopic (exact) mass is 467 g/mol. The molecule has 32 heavy (non-hydrogen) atoms. The van der Waals surface area contributed by atoms with Gasteiger partial charge in [-0.3, -0.25) is 0 Å². The molecule has 0 saturated heterocycles. The maximum Gasteiger partial charge on any atom is 0.425 e. The van der Waals surface area contributed by atoms with Gasteiger partial charge >= 0.3 is 22.3 Å². The lowest BCUT2D eigenvalue weighted by molar-refractivity contribution is 0.0427. The van der Waals surface area contributed by atoms with Crippen molar-refractivity contribution in [1.82, 2.24) is 9.78 Å². The van der Waals surface area contributed by atoms with Gasteiger partial charge in [0, 0.05) is 0 Å². The lowest BCUT2D eigenvalue weighted by atomic mass is 10.2. The number of rotatable bonds is 4. The van der Waals surface area contributed by atoms with Gasteiger partial charge in [0.15, 0.2) is 5.82 Å². The number of nitrogens with zero attached hydrogens (tertiary/aromatic N) is 3. The van der Waals surface area contributed by atoms with E-state index in [0.717, 1.165) is 6.26 Å². The molecule has 10 nitrogen and oxygen atoms in total. The van der Waals surface area contributed by atoms with E-state index in [1.54, 1.807) is 71.9 Å². The Hall–Kier alpha value is -3.08. The highest BCUT2D eigenvalue weighted by Crippen LogP contribution is 2.34. The first-order valence-corrected chi connectivity index (χ1v) is 11.6. The number of carbonyl (C=O) groups is 2. The first-order chi connectivity index (χ1) is 14.5. The SMILES string of the molecule is Cc1c(OS(C)(=O)=O)nn(-c2ccccc2)c1N(C(=O)OC(C)(C)C)C(=O)OC(C)(C)C. The van der Waals surface area contributed by atoms with Gasteiger partial charge in [0.2, 0.25) is 0 Å². The highest BCUT2D eigenvalue weighted by molar-refractivity contribution is 7.86. The molecule has 0 aliphatic heterocycles. The Balaban J connectivity index is 2.77. The molecule has 0 N–H and O–H groups in total. The number of para-hydroxylation sites is 1. The molecular weight excluding hydrogens is 438 g/mol. The maximum atomic E-state index is 13.1. The summed E-state index contributed by atoms with van der Waals surface area (Å²) in [6.45, 7) is 11.4. The average Bonchev–Trinajstić information content (AvgIpc) is 2.88. The fraction of sp³-hybridized carbons (Fsp3) is 0.476. The summed E-state index contributed by atoms with van der Waals surface area (Å²) >= 11 is 0. The molecule has 0 saturated carbocycles. The van der Waals surface area contributed by atoms with Crippen molar-refractivity contribution in [3.8, 4) is 11.6 Å². The molecule has 0 radical (unpaired) electrons. The van der Waals surface area contributed by atoms with Crippen LogP contribution in [0.2, 0.25) is 0 Å². The van der Waals surface area contributed by atoms with E-state index >= 15 is 0 Å². The summed E-state index contributed by atoms with van der Waals surface area (Å²) in [5.74, 6) is -0.359. The van der Waals surface area contributed by atoms with Crippen LogP contribution in [0.25, 0.3) is 5.69 Å². The quantitative estimate of drug-likeness (QED) is 0.614. The molecule has 11 heteroatoms. The van der Waals surface area contributed by atoms with Crippen LogP contribution in [0.4, 0.5) is 15.4 Å². The van der Waals surface area contributed by atoms with Crippen LogP contribution in [0.1, 0.15) is 47.1 Å². The summed E-state index contributed by atoms with van der Waals surface area (Å²) < 4.78 is 40.6. The smallest absolute Gasteiger partial charge is 0.425 e. The molecule has 1 aromatic heterocycles. The fourth-order valence-electron chi connectivity index (χ4n) is 2.56. The van der Waals surface area contributed by atoms with Crippen molar-refractivity contribution in [2.24, 2.45) is 0 Å². The maximum absolute atomic E-state index is 13.1. The van der Waals surface area contributed by atoms with E-state index in [4.69, 9.17) is 13.7 Å². The van der Waals surface area contributed by atoms with Gasteiger partial charge in [0.05, 0.1) is 17.5 Å². The van der Waals surface area contributed by atoms with Gasteiger partial charge < -0.3 is 13.7 Å². The third-order valence-corrected chi connectivity index (χ3v) is 4.10. The Bertz CT molecular complexity index is 1070. The lowest BCUT2D eigenvalue weighted by Crippen LogP contribution is -2.45. The Morgan fingerprint density at radius 1 is 0.938 bits per heavy atom. The number of anilines is 1. The van der Waals surface area contributed by atoms with Crippen molar-refractivity contribution in [3.05, 3.63) is 35.9 Å². The van der Waals surface area contributed by atoms with E-state index in [-0.39, 0.29) is 17.3 Å². The van der Waals surface area contributed by atoms with Crippen molar-refractivity contribution in [2.75, 3.05) is 11.2 Å². The van der Waals surface area contributed by atoms with E-state index in [1.165, 1.54) is 11.6 Å². The largest absolute Gasteiger partial charge is 0.443 e. The Morgan fingerprint density at radius 2 is 1.41 bits per heavy atom. The zero-order chi connectivity index (χ0) is 24.5. The van der Waals surface area contributed by atoms with E-state index in [0.29, 0.717) is 10.6 Å². The van der Waals surface area contributed by atoms with Crippen LogP contribution in [-0.2, 0) is 19.6 Å². The van der Waals surface area contributed by atoms with Gasteiger partial charge in [-0.1, -0.05) is 18.2 Å². The standard InChI is InChI=1S/C21H29N3O7S/c1-14-16(31-32(8,27)28)22-24(15-12-10-9-11-13-15)17(14)23(18(25)29-20(2,3)4)19(26)30-21(5,6)7/h9-13H,1-8H3. The van der Waals surface area contributed by atoms with Crippen LogP contribution in [0.5, 0.6) is 5.88 Å². The normalized spacial score (nSPS) is 12.2. The minimum absolute atomic E-state index is 0.0710. The van der Waals surface area contributed by atoms with E-state index in [9.17, 15) is 18.0 Å². The van der Waals surface area contributed by atoms with E-state index in [1.807, 2.05) is 0 Å². The number of hydrogen-bond acceptors (Lipinski definition) is 8. The van der Waals surface area contributed by atoms with Gasteiger partial charge in [-0.15, -0.1) is 5.10 Å². The summed E-state index contributed by atoms with van der Waals surface area (Å²) in [5, 5.41) is 4.20. The molecule has 0 fully saturated rings. The van der Waals surface area contributed by atoms with Crippen LogP contribution in [0.15, 0.2) is 30.3 Å². The number of hydrogen-bond donors (Lipinski definition) is 0. The summed E-state index contributed by atoms with van der Waals surface area (Å²) in [4.78, 5) is 26.9. The van der Waals surface area contributed by atoms with Gasteiger partial charge in [-0.25, -0.2) is 14.3 Å². The number of ether oxygens (including phenoxy) is 2. The third-order valence-electron chi connectivity index (χ3n) is 3.64. The number of benzene rings is 1. The van der Waals surface area contributed by atoms with E-state index in [2.05, 4.69) is 5.10 Å². The molecule has 0 atom stereocenters. The third kappa shape index (κ3) is 6.71. The van der Waals surface area contributed by atoms with Crippen molar-refractivity contribution < 1.29 is 31.7 Å². The summed E-state index contributed by atoms with van der Waals surface area (Å²) in [6, 6.07) is 8.55. The summed E-state index contributed by atoms with van der Waals surface area (Å²) in [5.41, 5.74) is -1.27. The van der Waals surface area contributed by atoms with Crippen LogP contribution in [-0.4, -0.2) is 47.8 Å². The Labute approximate surface area is 188 Å². The molecule has 2 aromatic rings. The topological polar surface area (TPSA) is 117 Å². The van der Waals surface area contributed by atoms with Crippen molar-refractivity contribution in [1.29, 1.82) is 0 Å². The highest BCUT2D eigenvalue weighted by Gasteiger charge is 2.38. The molecule has 0 aliphatic carbocycles. The van der Waals surface area contributed by atoms with Gasteiger partial charge in [0.25, 0.3) is 5.88 Å². The molecule has 0 bridgehead atoms. The second-order valence-corrected chi connectivity index (χ2v) is 10.7. The van der Waals surface area contributed by atoms with Gasteiger partial charge in [-0.05, 0) is 60.6 Å². The van der Waals surface area contributed by atoms with Crippen LogP contribution in [0, 0.1) is 6.92 Å². The molecule has 0 spiro atoms. The van der Waals surface area contributed by atoms with Crippen LogP contribution >= 0.6 is 0 Å². The minimum Gasteiger partial charge on any atom is -0.443 e. The number of carbonyl (C=O) groups excluding carboxylic acids is 2. The van der Waals surface area contributed by atoms with Crippen molar-refractivity contribution >= 4 is 28.1 Å². The van der Waals surface area contributed by atoms with Crippen molar-refractivity contribution in [2.45, 2.75) is 59.7 Å². The average molecular weight is 468 g/mol. The number of imide groups is 1. The second-order valence-electron chi connectivity index (χ2n) is 9.08. The van der Waals surface area contributed by atoms with E-state index < -0.39 is 33.5 Å². The first kappa shape index (κ1) is 25.2. The van der Waals surface area contributed by atoms with Gasteiger partial charge in [-0.2, -0.15) is 13.3 Å². The molecule has 1 aromatic carbocycles. The predicted molar refractivity (Wildman–Crippen MR) is 119 cm³/mol. The van der Waals surface area contributed by atoms with Crippen LogP contribution < -0.4 is 9.08 Å². The predicted octanol–water partition coefficient (Wildman–Crippen LogP) is 4.20. The fourth-order valence-corrected chi connectivity index (χ4v) is 3.01. The molecule has 0 unspecified atom stereocenters. The summed E-state index contributed by atoms with van der Waals surface area (Å²) in [6.07, 6.45) is -1.16. The molecular formula is C21H29N3O7S. The van der Waals surface area contributed by atoms with Crippen LogP contribution in [0.3, 0.4) is 0 Å². The van der Waals surface area contributed by atoms with Gasteiger partial charge in [0.1, 0.15) is 11.2 Å². The molecule has 0 aliphatic rings. The minimum atomic E-state index is -3.94. The lowest BCUT2D eigenvalue weighted by Gasteiger charge is -2.29. The highest BCUT2D eigenvalue weighted by atomic mass is 32.2. The first-order valence-electron chi connectivity index (χ1n) is 9.79. The Kier molecular flexibility index (Phi) is 6.93. The molecule has 176 valence electrons. The molecule has 1 heterocycles. The number of aromatic nitrogens is 2. The van der Waals surface area contributed by atoms with Crippen molar-refractivity contribution in [3.63, 3.8) is 0 Å². The number of amides is 2. The zero-order valence-electron chi connectivity index (χ0n) is 19.5. The molecule has 2 amide bonds. The summed E-state index contributed by atoms with van der Waals surface area (Å²) in [7, 11) is -3.94. The molecule has 2 rings (SSSR count). The Morgan fingerprint density at radius 3 is 1.81 bits per heavy atom. The second kappa shape index (κ2) is 8.81. The zero-order valence-corrected chi connectivity index (χ0v) is 20.3.